The van der Waals surface area contributed by atoms with Crippen molar-refractivity contribution in [2.24, 2.45) is 5.10 Å². The van der Waals surface area contributed by atoms with E-state index in [2.05, 4.69) is 51.8 Å². The molecular formula is C25H26N6O. The molecule has 2 aromatic carbocycles. The van der Waals surface area contributed by atoms with Crippen LogP contribution in [0.15, 0.2) is 77.9 Å². The molecule has 0 aliphatic carbocycles. The first kappa shape index (κ1) is 20.2. The number of hydrazone groups is 1. The summed E-state index contributed by atoms with van der Waals surface area (Å²) in [5, 5.41) is 9.25. The Kier molecular flexibility index (Phi) is 6.07. The Morgan fingerprint density at radius 1 is 0.969 bits per heavy atom. The van der Waals surface area contributed by atoms with E-state index in [1.165, 1.54) is 5.56 Å². The molecule has 0 radical (unpaired) electrons. The van der Waals surface area contributed by atoms with E-state index in [9.17, 15) is 0 Å². The van der Waals surface area contributed by atoms with E-state index >= 15 is 0 Å². The zero-order chi connectivity index (χ0) is 21.6. The third-order valence-corrected chi connectivity index (χ3v) is 5.49. The highest BCUT2D eigenvalue weighted by Gasteiger charge is 2.18. The van der Waals surface area contributed by atoms with E-state index in [1.54, 1.807) is 0 Å². The minimum Gasteiger partial charge on any atom is -0.378 e. The molecule has 2 aromatic heterocycles. The number of anilines is 2. The number of nitrogens with zero attached hydrogens (tertiary/aromatic N) is 5. The summed E-state index contributed by atoms with van der Waals surface area (Å²) in [5.74, 6) is 1.69. The molecule has 5 rings (SSSR count). The molecule has 1 aliphatic rings. The van der Waals surface area contributed by atoms with Gasteiger partial charge < -0.3 is 9.64 Å². The maximum absolute atomic E-state index is 5.54. The van der Waals surface area contributed by atoms with Crippen molar-refractivity contribution in [1.82, 2.24) is 14.6 Å². The second-order valence-electron chi connectivity index (χ2n) is 7.71. The highest BCUT2D eigenvalue weighted by Crippen LogP contribution is 2.25. The first-order chi connectivity index (χ1) is 15.9. The third-order valence-electron chi connectivity index (χ3n) is 5.49. The third kappa shape index (κ3) is 4.63. The molecular weight excluding hydrogens is 400 g/mol. The summed E-state index contributed by atoms with van der Waals surface area (Å²) in [6, 6.07) is 24.6. The summed E-state index contributed by atoms with van der Waals surface area (Å²) >= 11 is 0. The van der Waals surface area contributed by atoms with Crippen molar-refractivity contribution in [3.63, 3.8) is 0 Å². The number of aromatic nitrogens is 3. The molecule has 0 saturated carbocycles. The molecule has 1 aliphatic heterocycles. The van der Waals surface area contributed by atoms with Gasteiger partial charge in [0.1, 0.15) is 5.82 Å². The number of rotatable bonds is 7. The lowest BCUT2D eigenvalue weighted by Gasteiger charge is -2.29. The van der Waals surface area contributed by atoms with E-state index < -0.39 is 0 Å². The standard InChI is InChI=1S/C25H26N6O/c1-3-8-20(9-4-1)10-7-13-26-28-23-19-25(30-14-16-32-17-15-30)31-24(27-23)18-22(29-31)21-11-5-2-6-12-21/h1-6,8-9,11-13,18-19H,7,10,14-17H2,(H,27,28)/b26-13-. The monoisotopic (exact) mass is 426 g/mol. The van der Waals surface area contributed by atoms with E-state index in [1.807, 2.05) is 47.1 Å². The average Bonchev–Trinajstić information content (AvgIpc) is 3.29. The smallest absolute Gasteiger partial charge is 0.160 e. The van der Waals surface area contributed by atoms with Gasteiger partial charge in [-0.2, -0.15) is 14.7 Å². The largest absolute Gasteiger partial charge is 0.378 e. The van der Waals surface area contributed by atoms with Crippen LogP contribution in [0.5, 0.6) is 0 Å². The van der Waals surface area contributed by atoms with Gasteiger partial charge in [0.15, 0.2) is 11.5 Å². The fourth-order valence-electron chi connectivity index (χ4n) is 3.84. The van der Waals surface area contributed by atoms with E-state index in [0.717, 1.165) is 48.7 Å². The van der Waals surface area contributed by atoms with Gasteiger partial charge in [-0.05, 0) is 18.4 Å². The molecule has 0 bridgehead atoms. The lowest BCUT2D eigenvalue weighted by atomic mass is 10.1. The van der Waals surface area contributed by atoms with Crippen LogP contribution in [-0.4, -0.2) is 47.1 Å². The first-order valence-electron chi connectivity index (χ1n) is 11.0. The van der Waals surface area contributed by atoms with Crippen molar-refractivity contribution in [1.29, 1.82) is 0 Å². The maximum Gasteiger partial charge on any atom is 0.160 e. The average molecular weight is 427 g/mol. The molecule has 1 fully saturated rings. The Morgan fingerprint density at radius 2 is 1.72 bits per heavy atom. The van der Waals surface area contributed by atoms with Crippen LogP contribution < -0.4 is 10.3 Å². The molecule has 3 heterocycles. The molecule has 0 amide bonds. The van der Waals surface area contributed by atoms with Crippen LogP contribution in [-0.2, 0) is 11.2 Å². The minimum absolute atomic E-state index is 0.703. The number of fused-ring (bicyclic) bond motifs is 1. The number of nitrogens with one attached hydrogen (secondary N) is 1. The van der Waals surface area contributed by atoms with Crippen LogP contribution in [0.1, 0.15) is 12.0 Å². The van der Waals surface area contributed by atoms with Crippen molar-refractivity contribution >= 4 is 23.5 Å². The van der Waals surface area contributed by atoms with Crippen molar-refractivity contribution < 1.29 is 4.74 Å². The second-order valence-corrected chi connectivity index (χ2v) is 7.71. The Morgan fingerprint density at radius 3 is 2.50 bits per heavy atom. The van der Waals surface area contributed by atoms with Crippen molar-refractivity contribution in [2.75, 3.05) is 36.6 Å². The molecule has 162 valence electrons. The zero-order valence-electron chi connectivity index (χ0n) is 17.9. The van der Waals surface area contributed by atoms with Gasteiger partial charge in [-0.25, -0.2) is 4.98 Å². The summed E-state index contributed by atoms with van der Waals surface area (Å²) in [6.45, 7) is 3.05. The van der Waals surface area contributed by atoms with Crippen molar-refractivity contribution in [2.45, 2.75) is 12.8 Å². The van der Waals surface area contributed by atoms with Crippen LogP contribution in [0, 0.1) is 0 Å². The van der Waals surface area contributed by atoms with Gasteiger partial charge >= 0.3 is 0 Å². The van der Waals surface area contributed by atoms with Crippen molar-refractivity contribution in [3.8, 4) is 11.3 Å². The zero-order valence-corrected chi connectivity index (χ0v) is 17.9. The predicted octanol–water partition coefficient (Wildman–Crippen LogP) is 4.26. The number of hydrogen-bond donors (Lipinski definition) is 1. The minimum atomic E-state index is 0.703. The molecule has 32 heavy (non-hydrogen) atoms. The van der Waals surface area contributed by atoms with Crippen LogP contribution in [0.2, 0.25) is 0 Å². The van der Waals surface area contributed by atoms with Crippen LogP contribution in [0.4, 0.5) is 11.6 Å². The van der Waals surface area contributed by atoms with E-state index in [-0.39, 0.29) is 0 Å². The molecule has 7 heteroatoms. The molecule has 7 nitrogen and oxygen atoms in total. The van der Waals surface area contributed by atoms with Crippen LogP contribution in [0.3, 0.4) is 0 Å². The molecule has 0 spiro atoms. The topological polar surface area (TPSA) is 67.0 Å². The predicted molar refractivity (Wildman–Crippen MR) is 128 cm³/mol. The normalized spacial score (nSPS) is 14.3. The van der Waals surface area contributed by atoms with E-state index in [4.69, 9.17) is 14.8 Å². The van der Waals surface area contributed by atoms with Gasteiger partial charge in [0.2, 0.25) is 0 Å². The molecule has 0 atom stereocenters. The second kappa shape index (κ2) is 9.62. The van der Waals surface area contributed by atoms with Crippen LogP contribution in [0.25, 0.3) is 16.9 Å². The summed E-state index contributed by atoms with van der Waals surface area (Å²) < 4.78 is 7.45. The fraction of sp³-hybridized carbons (Fsp3) is 0.240. The first-order valence-corrected chi connectivity index (χ1v) is 11.0. The van der Waals surface area contributed by atoms with Gasteiger partial charge in [0, 0.05) is 37.0 Å². The number of aryl methyl sites for hydroxylation is 1. The fourth-order valence-corrected chi connectivity index (χ4v) is 3.84. The molecule has 0 unspecified atom stereocenters. The number of morpholine rings is 1. The molecule has 1 N–H and O–H groups in total. The number of ether oxygens (including phenoxy) is 1. The summed E-state index contributed by atoms with van der Waals surface area (Å²) in [7, 11) is 0. The Labute approximate surface area is 187 Å². The number of benzene rings is 2. The van der Waals surface area contributed by atoms with Gasteiger partial charge in [0.05, 0.1) is 18.9 Å². The van der Waals surface area contributed by atoms with Gasteiger partial charge in [0.25, 0.3) is 0 Å². The van der Waals surface area contributed by atoms with Gasteiger partial charge in [-0.15, -0.1) is 0 Å². The van der Waals surface area contributed by atoms with Crippen LogP contribution >= 0.6 is 0 Å². The SMILES string of the molecule is C(/CCc1ccccc1)=N/Nc1cc(N2CCOCC2)n2nc(-c3ccccc3)cc2n1. The maximum atomic E-state index is 5.54. The Hall–Kier alpha value is -3.71. The van der Waals surface area contributed by atoms with Crippen molar-refractivity contribution in [3.05, 3.63) is 78.4 Å². The molecule has 4 aromatic rings. The number of hydrogen-bond acceptors (Lipinski definition) is 6. The van der Waals surface area contributed by atoms with E-state index in [0.29, 0.717) is 19.0 Å². The lowest BCUT2D eigenvalue weighted by molar-refractivity contribution is 0.122. The quantitative estimate of drug-likeness (QED) is 0.353. The highest BCUT2D eigenvalue weighted by atomic mass is 16.5. The highest BCUT2D eigenvalue weighted by molar-refractivity contribution is 5.68. The summed E-state index contributed by atoms with van der Waals surface area (Å²) in [4.78, 5) is 7.03. The summed E-state index contributed by atoms with van der Waals surface area (Å²) in [5.41, 5.74) is 7.17. The van der Waals surface area contributed by atoms with Gasteiger partial charge in [-0.3, -0.25) is 5.43 Å². The van der Waals surface area contributed by atoms with Gasteiger partial charge in [-0.1, -0.05) is 60.7 Å². The summed E-state index contributed by atoms with van der Waals surface area (Å²) in [6.07, 6.45) is 3.72. The molecule has 1 saturated heterocycles. The Balaban J connectivity index is 1.39. The lowest BCUT2D eigenvalue weighted by Crippen LogP contribution is -2.37. The Bertz CT molecular complexity index is 1180.